The van der Waals surface area contributed by atoms with Crippen molar-refractivity contribution in [2.24, 2.45) is 0 Å². The first-order valence-electron chi connectivity index (χ1n) is 9.14. The molecule has 2 aliphatic heterocycles. The third-order valence-corrected chi connectivity index (χ3v) is 7.95. The molecule has 2 fully saturated rings. The predicted molar refractivity (Wildman–Crippen MR) is 105 cm³/mol. The van der Waals surface area contributed by atoms with Crippen molar-refractivity contribution in [1.82, 2.24) is 14.1 Å². The average Bonchev–Trinajstić information content (AvgIpc) is 2.65. The maximum atomic E-state index is 12.8. The molecular weight excluding hydrogens is 418 g/mol. The Morgan fingerprint density at radius 1 is 1.04 bits per heavy atom. The number of amides is 1. The number of carbonyl (C=O) groups is 1. The van der Waals surface area contributed by atoms with Crippen LogP contribution >= 0.6 is 15.9 Å². The van der Waals surface area contributed by atoms with Gasteiger partial charge in [0.05, 0.1) is 11.4 Å². The Bertz CT molecular complexity index is 755. The van der Waals surface area contributed by atoms with Gasteiger partial charge < -0.3 is 4.90 Å². The Morgan fingerprint density at radius 2 is 1.69 bits per heavy atom. The van der Waals surface area contributed by atoms with E-state index in [4.69, 9.17) is 0 Å². The molecule has 0 saturated carbocycles. The Kier molecular flexibility index (Phi) is 6.37. The van der Waals surface area contributed by atoms with E-state index < -0.39 is 10.0 Å². The number of hydrogen-bond acceptors (Lipinski definition) is 4. The molecule has 2 aliphatic rings. The summed E-state index contributed by atoms with van der Waals surface area (Å²) in [6, 6.07) is 5.11. The molecule has 8 heteroatoms. The van der Waals surface area contributed by atoms with Gasteiger partial charge in [0.2, 0.25) is 15.9 Å². The molecule has 2 heterocycles. The summed E-state index contributed by atoms with van der Waals surface area (Å²) in [5, 5.41) is 0. The minimum atomic E-state index is -3.48. The smallest absolute Gasteiger partial charge is 0.243 e. The normalized spacial score (nSPS) is 20.3. The molecule has 0 aromatic heterocycles. The lowest BCUT2D eigenvalue weighted by atomic mass is 10.1. The number of rotatable bonds is 4. The molecule has 26 heavy (non-hydrogen) atoms. The van der Waals surface area contributed by atoms with Gasteiger partial charge in [-0.3, -0.25) is 9.69 Å². The summed E-state index contributed by atoms with van der Waals surface area (Å²) in [5.41, 5.74) is 0.900. The van der Waals surface area contributed by atoms with Crippen molar-refractivity contribution in [3.05, 3.63) is 28.2 Å². The number of nitrogens with zero attached hydrogens (tertiary/aromatic N) is 3. The van der Waals surface area contributed by atoms with Crippen LogP contribution < -0.4 is 0 Å². The van der Waals surface area contributed by atoms with Crippen LogP contribution in [0.15, 0.2) is 27.6 Å². The lowest BCUT2D eigenvalue weighted by Crippen LogP contribution is -2.51. The number of hydrogen-bond donors (Lipinski definition) is 0. The number of aryl methyl sites for hydroxylation is 1. The van der Waals surface area contributed by atoms with Crippen molar-refractivity contribution < 1.29 is 13.2 Å². The van der Waals surface area contributed by atoms with Crippen molar-refractivity contribution in [3.8, 4) is 0 Å². The second kappa shape index (κ2) is 8.37. The molecule has 2 saturated heterocycles. The van der Waals surface area contributed by atoms with Crippen LogP contribution in [0.3, 0.4) is 0 Å². The first kappa shape index (κ1) is 19.8. The van der Waals surface area contributed by atoms with E-state index in [9.17, 15) is 13.2 Å². The fourth-order valence-corrected chi connectivity index (χ4v) is 5.24. The molecule has 1 aromatic carbocycles. The lowest BCUT2D eigenvalue weighted by Gasteiger charge is -2.35. The summed E-state index contributed by atoms with van der Waals surface area (Å²) in [5.74, 6) is 0.171. The van der Waals surface area contributed by atoms with Gasteiger partial charge >= 0.3 is 0 Å². The zero-order valence-corrected chi connectivity index (χ0v) is 17.6. The topological polar surface area (TPSA) is 60.9 Å². The number of piperidine rings is 1. The molecule has 0 bridgehead atoms. The van der Waals surface area contributed by atoms with Gasteiger partial charge in [-0.15, -0.1) is 0 Å². The first-order valence-corrected chi connectivity index (χ1v) is 11.4. The number of benzene rings is 1. The van der Waals surface area contributed by atoms with Gasteiger partial charge in [-0.25, -0.2) is 8.42 Å². The van der Waals surface area contributed by atoms with Crippen molar-refractivity contribution in [2.75, 3.05) is 45.8 Å². The van der Waals surface area contributed by atoms with Crippen molar-refractivity contribution in [2.45, 2.75) is 31.1 Å². The third-order valence-electron chi connectivity index (χ3n) is 5.17. The highest BCUT2D eigenvalue weighted by atomic mass is 79.9. The minimum Gasteiger partial charge on any atom is -0.342 e. The number of piperazine rings is 1. The van der Waals surface area contributed by atoms with Crippen LogP contribution in [0.5, 0.6) is 0 Å². The van der Waals surface area contributed by atoms with Crippen LogP contribution in [-0.4, -0.2) is 74.2 Å². The molecule has 0 aliphatic carbocycles. The van der Waals surface area contributed by atoms with Gasteiger partial charge in [0, 0.05) is 43.7 Å². The van der Waals surface area contributed by atoms with Crippen molar-refractivity contribution in [3.63, 3.8) is 0 Å². The monoisotopic (exact) mass is 443 g/mol. The summed E-state index contributed by atoms with van der Waals surface area (Å²) in [7, 11) is -3.48. The minimum absolute atomic E-state index is 0.171. The predicted octanol–water partition coefficient (Wildman–Crippen LogP) is 2.08. The Hall–Kier alpha value is -0.960. The summed E-state index contributed by atoms with van der Waals surface area (Å²) >= 11 is 3.40. The fourth-order valence-electron chi connectivity index (χ4n) is 3.49. The zero-order chi connectivity index (χ0) is 18.7. The first-order chi connectivity index (χ1) is 12.4. The van der Waals surface area contributed by atoms with E-state index in [-0.39, 0.29) is 5.91 Å². The van der Waals surface area contributed by atoms with Gasteiger partial charge in [-0.1, -0.05) is 15.9 Å². The van der Waals surface area contributed by atoms with Crippen LogP contribution in [0.2, 0.25) is 0 Å². The van der Waals surface area contributed by atoms with Gasteiger partial charge in [0.25, 0.3) is 0 Å². The van der Waals surface area contributed by atoms with E-state index in [0.717, 1.165) is 36.0 Å². The number of halogens is 1. The maximum absolute atomic E-state index is 12.8. The third kappa shape index (κ3) is 4.47. The molecule has 6 nitrogen and oxygen atoms in total. The molecule has 3 rings (SSSR count). The fraction of sp³-hybridized carbons (Fsp3) is 0.611. The largest absolute Gasteiger partial charge is 0.342 e. The van der Waals surface area contributed by atoms with E-state index >= 15 is 0 Å². The van der Waals surface area contributed by atoms with Crippen LogP contribution in [0.1, 0.15) is 24.8 Å². The number of carbonyl (C=O) groups excluding carboxylic acids is 1. The van der Waals surface area contributed by atoms with E-state index in [2.05, 4.69) is 20.8 Å². The zero-order valence-electron chi connectivity index (χ0n) is 15.2. The Labute approximate surface area is 164 Å². The molecule has 1 aromatic rings. The lowest BCUT2D eigenvalue weighted by molar-refractivity contribution is -0.133. The molecule has 0 unspecified atom stereocenters. The second-order valence-corrected chi connectivity index (χ2v) is 9.82. The SMILES string of the molecule is Cc1cc(S(=O)(=O)N2CCN(CC(=O)N3CCCCC3)CC2)ccc1Br. The maximum Gasteiger partial charge on any atom is 0.243 e. The van der Waals surface area contributed by atoms with Gasteiger partial charge in [0.15, 0.2) is 0 Å². The summed E-state index contributed by atoms with van der Waals surface area (Å²) < 4.78 is 28.1. The Balaban J connectivity index is 1.57. The Morgan fingerprint density at radius 3 is 2.31 bits per heavy atom. The van der Waals surface area contributed by atoms with Crippen LogP contribution in [0.4, 0.5) is 0 Å². The quantitative estimate of drug-likeness (QED) is 0.714. The summed E-state index contributed by atoms with van der Waals surface area (Å²) in [6.07, 6.45) is 3.38. The number of likely N-dealkylation sites (tertiary alicyclic amines) is 1. The summed E-state index contributed by atoms with van der Waals surface area (Å²) in [6.45, 7) is 6.02. The summed E-state index contributed by atoms with van der Waals surface area (Å²) in [4.78, 5) is 16.7. The second-order valence-electron chi connectivity index (χ2n) is 7.03. The van der Waals surface area contributed by atoms with Gasteiger partial charge in [0.1, 0.15) is 0 Å². The standard InChI is InChI=1S/C18H26BrN3O3S/c1-15-13-16(5-6-17(15)19)26(24,25)22-11-9-20(10-12-22)14-18(23)21-7-3-2-4-8-21/h5-6,13H,2-4,7-12,14H2,1H3. The highest BCUT2D eigenvalue weighted by Crippen LogP contribution is 2.23. The molecule has 0 atom stereocenters. The van der Waals surface area contributed by atoms with E-state index in [1.165, 1.54) is 10.7 Å². The molecule has 1 amide bonds. The van der Waals surface area contributed by atoms with Crippen LogP contribution in [0, 0.1) is 6.92 Å². The van der Waals surface area contributed by atoms with E-state index in [0.29, 0.717) is 37.6 Å². The van der Waals surface area contributed by atoms with Crippen LogP contribution in [-0.2, 0) is 14.8 Å². The van der Waals surface area contributed by atoms with Gasteiger partial charge in [-0.05, 0) is 49.9 Å². The molecule has 0 radical (unpaired) electrons. The highest BCUT2D eigenvalue weighted by Gasteiger charge is 2.30. The van der Waals surface area contributed by atoms with Crippen LogP contribution in [0.25, 0.3) is 0 Å². The molecule has 0 spiro atoms. The molecule has 0 N–H and O–H groups in total. The average molecular weight is 444 g/mol. The van der Waals surface area contributed by atoms with Crippen molar-refractivity contribution in [1.29, 1.82) is 0 Å². The van der Waals surface area contributed by atoms with E-state index in [1.54, 1.807) is 18.2 Å². The highest BCUT2D eigenvalue weighted by molar-refractivity contribution is 9.10. The molecule has 144 valence electrons. The van der Waals surface area contributed by atoms with Crippen molar-refractivity contribution >= 4 is 31.9 Å². The number of sulfonamides is 1. The van der Waals surface area contributed by atoms with Gasteiger partial charge in [-0.2, -0.15) is 4.31 Å². The molecular formula is C18H26BrN3O3S. The van der Waals surface area contributed by atoms with E-state index in [1.807, 2.05) is 11.8 Å².